The largest absolute Gasteiger partial charge is 0.465 e. The number of methoxy groups -OCH3 is 1. The zero-order valence-corrected chi connectivity index (χ0v) is 9.17. The van der Waals surface area contributed by atoms with Gasteiger partial charge in [-0.3, -0.25) is 4.79 Å². The fourth-order valence-corrected chi connectivity index (χ4v) is 1.71. The first-order chi connectivity index (χ1) is 7.65. The van der Waals surface area contributed by atoms with Crippen LogP contribution in [0.15, 0.2) is 29.2 Å². The molecule has 2 rings (SSSR count). The molecule has 16 heavy (non-hydrogen) atoms. The lowest BCUT2D eigenvalue weighted by atomic mass is 10.1. The molecule has 0 atom stereocenters. The van der Waals surface area contributed by atoms with Crippen LogP contribution in [0, 0.1) is 0 Å². The lowest BCUT2D eigenvalue weighted by Crippen LogP contribution is -2.16. The van der Waals surface area contributed by atoms with E-state index < -0.39 is 5.97 Å². The van der Waals surface area contributed by atoms with E-state index in [1.54, 1.807) is 18.2 Å². The summed E-state index contributed by atoms with van der Waals surface area (Å²) in [5.41, 5.74) is 0.0992. The number of ether oxygens (including phenoxy) is 1. The van der Waals surface area contributed by atoms with Gasteiger partial charge in [0.25, 0.3) is 0 Å². The Kier molecular flexibility index (Phi) is 2.66. The molecule has 0 saturated carbocycles. The summed E-state index contributed by atoms with van der Waals surface area (Å²) >= 11 is 5.91. The number of nitrogens with one attached hydrogen (secondary N) is 1. The van der Waals surface area contributed by atoms with Crippen molar-refractivity contribution in [3.63, 3.8) is 0 Å². The van der Waals surface area contributed by atoms with Crippen molar-refractivity contribution in [2.75, 3.05) is 7.11 Å². The van der Waals surface area contributed by atoms with Gasteiger partial charge < -0.3 is 9.72 Å². The number of hydrogen-bond acceptors (Lipinski definition) is 3. The second kappa shape index (κ2) is 3.98. The van der Waals surface area contributed by atoms with E-state index in [0.717, 1.165) is 0 Å². The lowest BCUT2D eigenvalue weighted by Gasteiger charge is -2.02. The molecule has 1 aromatic heterocycles. The van der Waals surface area contributed by atoms with E-state index in [9.17, 15) is 9.59 Å². The average molecular weight is 238 g/mol. The highest BCUT2D eigenvalue weighted by Crippen LogP contribution is 2.18. The summed E-state index contributed by atoms with van der Waals surface area (Å²) in [4.78, 5) is 26.0. The Hall–Kier alpha value is -1.81. The molecule has 0 spiro atoms. The summed E-state index contributed by atoms with van der Waals surface area (Å²) in [6.07, 6.45) is 1.31. The van der Waals surface area contributed by atoms with Crippen LogP contribution in [0.4, 0.5) is 0 Å². The maximum atomic E-state index is 11.9. The molecular weight excluding hydrogens is 230 g/mol. The number of hydrogen-bond donors (Lipinski definition) is 1. The van der Waals surface area contributed by atoms with Crippen molar-refractivity contribution >= 4 is 28.5 Å². The summed E-state index contributed by atoms with van der Waals surface area (Å²) in [6.45, 7) is 0. The molecule has 4 nitrogen and oxygen atoms in total. The highest BCUT2D eigenvalue weighted by molar-refractivity contribution is 6.35. The highest BCUT2D eigenvalue weighted by atomic mass is 35.5. The number of aromatic nitrogens is 1. The number of rotatable bonds is 1. The van der Waals surface area contributed by atoms with Crippen molar-refractivity contribution in [2.45, 2.75) is 0 Å². The standard InChI is InChI=1S/C11H8ClNO3/c1-16-11(15)7-5-13-9-6(10(7)14)3-2-4-8(9)12/h2-5H,1H3,(H,13,14). The molecule has 0 aliphatic carbocycles. The SMILES string of the molecule is COC(=O)c1c[nH]c2c(Cl)cccc2c1=O. The molecule has 2 aromatic rings. The number of carbonyl (C=O) groups excluding carboxylic acids is 1. The normalized spacial score (nSPS) is 10.4. The molecule has 1 heterocycles. The van der Waals surface area contributed by atoms with Crippen LogP contribution in [0.2, 0.25) is 5.02 Å². The molecule has 0 radical (unpaired) electrons. The Morgan fingerprint density at radius 2 is 2.19 bits per heavy atom. The average Bonchev–Trinajstić information content (AvgIpc) is 2.30. The van der Waals surface area contributed by atoms with Gasteiger partial charge in [-0.25, -0.2) is 4.79 Å². The molecule has 82 valence electrons. The van der Waals surface area contributed by atoms with Gasteiger partial charge in [0.05, 0.1) is 17.6 Å². The van der Waals surface area contributed by atoms with Crippen LogP contribution in [0.3, 0.4) is 0 Å². The van der Waals surface area contributed by atoms with Gasteiger partial charge in [-0.1, -0.05) is 17.7 Å². The molecule has 0 aliphatic heterocycles. The Labute approximate surface area is 95.8 Å². The smallest absolute Gasteiger partial charge is 0.343 e. The van der Waals surface area contributed by atoms with E-state index in [0.29, 0.717) is 15.9 Å². The molecular formula is C11H8ClNO3. The minimum absolute atomic E-state index is 0.0303. The van der Waals surface area contributed by atoms with Crippen LogP contribution in [0.1, 0.15) is 10.4 Å². The Bertz CT molecular complexity index is 618. The van der Waals surface area contributed by atoms with Crippen LogP contribution in [-0.2, 0) is 4.74 Å². The molecule has 0 fully saturated rings. The molecule has 0 saturated heterocycles. The van der Waals surface area contributed by atoms with E-state index in [1.807, 2.05) is 0 Å². The fourth-order valence-electron chi connectivity index (χ4n) is 1.48. The third kappa shape index (κ3) is 1.57. The van der Waals surface area contributed by atoms with Crippen LogP contribution in [0.25, 0.3) is 10.9 Å². The van der Waals surface area contributed by atoms with E-state index in [-0.39, 0.29) is 11.0 Å². The van der Waals surface area contributed by atoms with Crippen molar-refractivity contribution in [3.05, 3.63) is 45.2 Å². The number of aromatic amines is 1. The number of esters is 1. The summed E-state index contributed by atoms with van der Waals surface area (Å²) < 4.78 is 4.50. The predicted molar refractivity (Wildman–Crippen MR) is 60.9 cm³/mol. The van der Waals surface area contributed by atoms with Gasteiger partial charge in [-0.05, 0) is 12.1 Å². The van der Waals surface area contributed by atoms with Gasteiger partial charge in [0.2, 0.25) is 5.43 Å². The van der Waals surface area contributed by atoms with Gasteiger partial charge >= 0.3 is 5.97 Å². The van der Waals surface area contributed by atoms with Crippen molar-refractivity contribution < 1.29 is 9.53 Å². The van der Waals surface area contributed by atoms with Crippen molar-refractivity contribution in [2.24, 2.45) is 0 Å². The van der Waals surface area contributed by atoms with Gasteiger partial charge in [0.1, 0.15) is 5.56 Å². The number of para-hydroxylation sites is 1. The lowest BCUT2D eigenvalue weighted by molar-refractivity contribution is 0.0599. The molecule has 0 aliphatic rings. The minimum atomic E-state index is -0.664. The number of benzene rings is 1. The molecule has 0 amide bonds. The monoisotopic (exact) mass is 237 g/mol. The van der Waals surface area contributed by atoms with Gasteiger partial charge in [-0.2, -0.15) is 0 Å². The van der Waals surface area contributed by atoms with E-state index >= 15 is 0 Å². The van der Waals surface area contributed by atoms with Crippen LogP contribution in [0.5, 0.6) is 0 Å². The zero-order chi connectivity index (χ0) is 11.7. The Morgan fingerprint density at radius 1 is 1.44 bits per heavy atom. The molecule has 0 unspecified atom stereocenters. The fraction of sp³-hybridized carbons (Fsp3) is 0.0909. The first kappa shape index (κ1) is 10.7. The van der Waals surface area contributed by atoms with Crippen molar-refractivity contribution in [1.29, 1.82) is 0 Å². The summed E-state index contributed by atoms with van der Waals surface area (Å²) in [6, 6.07) is 4.92. The molecule has 0 bridgehead atoms. The third-order valence-electron chi connectivity index (χ3n) is 2.27. The van der Waals surface area contributed by atoms with Gasteiger partial charge in [-0.15, -0.1) is 0 Å². The number of fused-ring (bicyclic) bond motifs is 1. The molecule has 1 N–H and O–H groups in total. The van der Waals surface area contributed by atoms with Gasteiger partial charge in [0.15, 0.2) is 0 Å². The van der Waals surface area contributed by atoms with E-state index in [2.05, 4.69) is 9.72 Å². The van der Waals surface area contributed by atoms with Crippen LogP contribution >= 0.6 is 11.6 Å². The minimum Gasteiger partial charge on any atom is -0.465 e. The number of halogens is 1. The number of carbonyl (C=O) groups is 1. The second-order valence-electron chi connectivity index (χ2n) is 3.19. The summed E-state index contributed by atoms with van der Waals surface area (Å²) in [5, 5.41) is 0.807. The molecule has 5 heteroatoms. The first-order valence-corrected chi connectivity index (χ1v) is 4.91. The predicted octanol–water partition coefficient (Wildman–Crippen LogP) is 1.97. The number of pyridine rings is 1. The van der Waals surface area contributed by atoms with Crippen LogP contribution in [-0.4, -0.2) is 18.1 Å². The van der Waals surface area contributed by atoms with E-state index in [4.69, 9.17) is 11.6 Å². The Morgan fingerprint density at radius 3 is 2.88 bits per heavy atom. The van der Waals surface area contributed by atoms with Gasteiger partial charge in [0, 0.05) is 11.6 Å². The highest BCUT2D eigenvalue weighted by Gasteiger charge is 2.13. The first-order valence-electron chi connectivity index (χ1n) is 4.53. The van der Waals surface area contributed by atoms with Crippen molar-refractivity contribution in [1.82, 2.24) is 4.98 Å². The summed E-state index contributed by atoms with van der Waals surface area (Å²) in [7, 11) is 1.23. The van der Waals surface area contributed by atoms with Crippen molar-refractivity contribution in [3.8, 4) is 0 Å². The maximum absolute atomic E-state index is 11.9. The summed E-state index contributed by atoms with van der Waals surface area (Å²) in [5.74, 6) is -0.664. The second-order valence-corrected chi connectivity index (χ2v) is 3.59. The van der Waals surface area contributed by atoms with E-state index in [1.165, 1.54) is 13.3 Å². The van der Waals surface area contributed by atoms with Crippen LogP contribution < -0.4 is 5.43 Å². The maximum Gasteiger partial charge on any atom is 0.343 e. The quantitative estimate of drug-likeness (QED) is 0.772. The third-order valence-corrected chi connectivity index (χ3v) is 2.58. The molecule has 1 aromatic carbocycles. The topological polar surface area (TPSA) is 59.2 Å². The number of H-pyrrole nitrogens is 1. The Balaban J connectivity index is 2.81. The zero-order valence-electron chi connectivity index (χ0n) is 8.41.